The van der Waals surface area contributed by atoms with Crippen LogP contribution < -0.4 is 19.5 Å². The SMILES string of the molecule is COC(=O)c1ccc(NC(=O)CC(CNS(=O)(=O)c2ccc(Oc3ccccc3)cc2)c2ccc3ccccc3c2)cc1OCc1ccccc1. The molecule has 6 aromatic carbocycles. The smallest absolute Gasteiger partial charge is 0.341 e. The predicted octanol–water partition coefficient (Wildman–Crippen LogP) is 8.09. The molecule has 0 saturated heterocycles. The van der Waals surface area contributed by atoms with E-state index in [0.717, 1.165) is 21.9 Å². The first-order valence-corrected chi connectivity index (χ1v) is 17.8. The molecule has 1 unspecified atom stereocenters. The van der Waals surface area contributed by atoms with Gasteiger partial charge in [0.05, 0.1) is 12.0 Å². The minimum atomic E-state index is -3.94. The van der Waals surface area contributed by atoms with Gasteiger partial charge in [-0.05, 0) is 70.4 Å². The summed E-state index contributed by atoms with van der Waals surface area (Å²) in [5.41, 5.74) is 2.33. The molecule has 0 fully saturated rings. The maximum atomic E-state index is 13.6. The van der Waals surface area contributed by atoms with Gasteiger partial charge in [0.2, 0.25) is 15.9 Å². The highest BCUT2D eigenvalue weighted by Crippen LogP contribution is 2.29. The molecule has 0 aromatic heterocycles. The third kappa shape index (κ3) is 9.18. The van der Waals surface area contributed by atoms with Gasteiger partial charge >= 0.3 is 5.97 Å². The monoisotopic (exact) mass is 700 g/mol. The Morgan fingerprint density at radius 3 is 2.10 bits per heavy atom. The molecule has 0 bridgehead atoms. The van der Waals surface area contributed by atoms with E-state index in [1.807, 2.05) is 103 Å². The molecule has 0 spiro atoms. The van der Waals surface area contributed by atoms with Crippen LogP contribution in [0.15, 0.2) is 150 Å². The van der Waals surface area contributed by atoms with Gasteiger partial charge < -0.3 is 19.5 Å². The topological polar surface area (TPSA) is 120 Å². The van der Waals surface area contributed by atoms with Crippen LogP contribution in [0.3, 0.4) is 0 Å². The zero-order valence-electron chi connectivity index (χ0n) is 27.8. The van der Waals surface area contributed by atoms with Gasteiger partial charge in [0, 0.05) is 30.6 Å². The summed E-state index contributed by atoms with van der Waals surface area (Å²) in [6, 6.07) is 43.2. The number of sulfonamides is 1. The number of amides is 1. The molecular formula is C41H36N2O7S. The highest BCUT2D eigenvalue weighted by molar-refractivity contribution is 7.89. The summed E-state index contributed by atoms with van der Waals surface area (Å²) in [5.74, 6) is -0.0551. The maximum absolute atomic E-state index is 13.6. The zero-order valence-corrected chi connectivity index (χ0v) is 28.6. The Hall–Kier alpha value is -5.97. The zero-order chi connectivity index (χ0) is 35.6. The molecule has 0 aliphatic rings. The second kappa shape index (κ2) is 16.2. The lowest BCUT2D eigenvalue weighted by atomic mass is 9.93. The van der Waals surface area contributed by atoms with Crippen LogP contribution in [0.1, 0.15) is 33.8 Å². The van der Waals surface area contributed by atoms with Crippen LogP contribution in [-0.2, 0) is 26.2 Å². The molecule has 10 heteroatoms. The molecule has 9 nitrogen and oxygen atoms in total. The Morgan fingerprint density at radius 2 is 1.37 bits per heavy atom. The van der Waals surface area contributed by atoms with Gasteiger partial charge in [-0.3, -0.25) is 4.79 Å². The summed E-state index contributed by atoms with van der Waals surface area (Å²) in [4.78, 5) is 26.1. The Bertz CT molecular complexity index is 2230. The van der Waals surface area contributed by atoms with Crippen molar-refractivity contribution >= 4 is 38.4 Å². The number of fused-ring (bicyclic) bond motifs is 1. The van der Waals surface area contributed by atoms with Gasteiger partial charge in [0.15, 0.2) is 0 Å². The maximum Gasteiger partial charge on any atom is 0.341 e. The van der Waals surface area contributed by atoms with Crippen molar-refractivity contribution in [1.29, 1.82) is 0 Å². The highest BCUT2D eigenvalue weighted by Gasteiger charge is 2.22. The highest BCUT2D eigenvalue weighted by atomic mass is 32.2. The number of hydrogen-bond acceptors (Lipinski definition) is 7. The van der Waals surface area contributed by atoms with Crippen molar-refractivity contribution in [2.45, 2.75) is 23.8 Å². The van der Waals surface area contributed by atoms with E-state index in [-0.39, 0.29) is 41.7 Å². The summed E-state index contributed by atoms with van der Waals surface area (Å²) in [6.45, 7) is 0.165. The van der Waals surface area contributed by atoms with Crippen LogP contribution >= 0.6 is 0 Å². The summed E-state index contributed by atoms with van der Waals surface area (Å²) in [6.07, 6.45) is -0.0380. The molecule has 0 heterocycles. The number of carbonyl (C=O) groups is 2. The first kappa shape index (κ1) is 34.9. The largest absolute Gasteiger partial charge is 0.488 e. The van der Waals surface area contributed by atoms with E-state index in [0.29, 0.717) is 17.2 Å². The molecule has 51 heavy (non-hydrogen) atoms. The normalized spacial score (nSPS) is 11.8. The Morgan fingerprint density at radius 1 is 0.706 bits per heavy atom. The number of carbonyl (C=O) groups excluding carboxylic acids is 2. The van der Waals surface area contributed by atoms with Crippen LogP contribution in [0.2, 0.25) is 0 Å². The molecule has 1 amide bonds. The summed E-state index contributed by atoms with van der Waals surface area (Å²) < 4.78 is 46.3. The predicted molar refractivity (Wildman–Crippen MR) is 197 cm³/mol. The summed E-state index contributed by atoms with van der Waals surface area (Å²) >= 11 is 0. The van der Waals surface area contributed by atoms with Crippen LogP contribution in [0, 0.1) is 0 Å². The number of ether oxygens (including phenoxy) is 3. The van der Waals surface area contributed by atoms with Crippen molar-refractivity contribution in [1.82, 2.24) is 4.72 Å². The third-order valence-corrected chi connectivity index (χ3v) is 9.66. The molecule has 2 N–H and O–H groups in total. The average molecular weight is 701 g/mol. The quantitative estimate of drug-likeness (QED) is 0.110. The van der Waals surface area contributed by atoms with Gasteiger partial charge in [0.1, 0.15) is 29.4 Å². The Balaban J connectivity index is 1.19. The first-order chi connectivity index (χ1) is 24.8. The minimum Gasteiger partial charge on any atom is -0.488 e. The number of esters is 1. The standard InChI is InChI=1S/C41H36N2O7S/c1-48-41(45)38-23-18-34(26-39(38)49-28-29-10-4-2-5-11-29)43-40(44)25-33(32-17-16-30-12-8-9-13-31(30)24-32)27-42-51(46,47)37-21-19-36(20-22-37)50-35-14-6-3-7-15-35/h2-24,26,33,42H,25,27-28H2,1H3,(H,43,44). The fraction of sp³-hybridized carbons (Fsp3) is 0.122. The van der Waals surface area contributed by atoms with E-state index in [1.54, 1.807) is 24.3 Å². The van der Waals surface area contributed by atoms with Gasteiger partial charge in [0.25, 0.3) is 0 Å². The number of rotatable bonds is 14. The molecule has 0 saturated carbocycles. The van der Waals surface area contributed by atoms with Crippen molar-refractivity contribution in [3.63, 3.8) is 0 Å². The molecule has 0 radical (unpaired) electrons. The molecular weight excluding hydrogens is 665 g/mol. The van der Waals surface area contributed by atoms with Gasteiger partial charge in [-0.1, -0.05) is 91.0 Å². The number of para-hydroxylation sites is 1. The van der Waals surface area contributed by atoms with Crippen LogP contribution in [0.4, 0.5) is 5.69 Å². The molecule has 258 valence electrons. The van der Waals surface area contributed by atoms with Crippen molar-refractivity contribution in [3.8, 4) is 17.2 Å². The van der Waals surface area contributed by atoms with E-state index in [4.69, 9.17) is 14.2 Å². The van der Waals surface area contributed by atoms with Crippen LogP contribution in [0.25, 0.3) is 10.8 Å². The molecule has 6 aromatic rings. The van der Waals surface area contributed by atoms with E-state index < -0.39 is 21.9 Å². The average Bonchev–Trinajstić information content (AvgIpc) is 3.16. The lowest BCUT2D eigenvalue weighted by molar-refractivity contribution is -0.116. The Kier molecular flexibility index (Phi) is 11.1. The lowest BCUT2D eigenvalue weighted by Crippen LogP contribution is -2.30. The fourth-order valence-corrected chi connectivity index (χ4v) is 6.63. The van der Waals surface area contributed by atoms with Gasteiger partial charge in [-0.25, -0.2) is 17.9 Å². The number of methoxy groups -OCH3 is 1. The van der Waals surface area contributed by atoms with Gasteiger partial charge in [-0.2, -0.15) is 0 Å². The lowest BCUT2D eigenvalue weighted by Gasteiger charge is -2.19. The summed E-state index contributed by atoms with van der Waals surface area (Å²) in [5, 5.41) is 4.89. The Labute approximate surface area is 296 Å². The van der Waals surface area contributed by atoms with E-state index >= 15 is 0 Å². The van der Waals surface area contributed by atoms with Crippen LogP contribution in [-0.4, -0.2) is 33.9 Å². The molecule has 6 rings (SSSR count). The third-order valence-electron chi connectivity index (χ3n) is 8.22. The van der Waals surface area contributed by atoms with Gasteiger partial charge in [-0.15, -0.1) is 0 Å². The molecule has 0 aliphatic carbocycles. The summed E-state index contributed by atoms with van der Waals surface area (Å²) in [7, 11) is -2.65. The van der Waals surface area contributed by atoms with E-state index in [9.17, 15) is 18.0 Å². The fourth-order valence-electron chi connectivity index (χ4n) is 5.54. The second-order valence-electron chi connectivity index (χ2n) is 11.8. The molecule has 0 aliphatic heterocycles. The number of benzene rings is 6. The number of nitrogens with one attached hydrogen (secondary N) is 2. The number of hydrogen-bond donors (Lipinski definition) is 2. The number of anilines is 1. The first-order valence-electron chi connectivity index (χ1n) is 16.3. The minimum absolute atomic E-state index is 0.0380. The van der Waals surface area contributed by atoms with E-state index in [2.05, 4.69) is 10.0 Å². The van der Waals surface area contributed by atoms with E-state index in [1.165, 1.54) is 25.3 Å². The van der Waals surface area contributed by atoms with Crippen molar-refractivity contribution in [2.24, 2.45) is 0 Å². The second-order valence-corrected chi connectivity index (χ2v) is 13.5. The van der Waals surface area contributed by atoms with Crippen molar-refractivity contribution < 1.29 is 32.2 Å². The van der Waals surface area contributed by atoms with Crippen molar-refractivity contribution in [3.05, 3.63) is 162 Å². The van der Waals surface area contributed by atoms with Crippen LogP contribution in [0.5, 0.6) is 17.2 Å². The van der Waals surface area contributed by atoms with Crippen molar-refractivity contribution in [2.75, 3.05) is 19.0 Å². The molecule has 1 atom stereocenters.